The van der Waals surface area contributed by atoms with Gasteiger partial charge in [-0.1, -0.05) is 221 Å². The van der Waals surface area contributed by atoms with Crippen LogP contribution in [0, 0.1) is 55.4 Å². The highest BCUT2D eigenvalue weighted by Crippen LogP contribution is 2.28. The molecule has 5 rings (SSSR count). The van der Waals surface area contributed by atoms with Crippen molar-refractivity contribution in [1.82, 2.24) is 0 Å². The number of rotatable bonds is 2. The van der Waals surface area contributed by atoms with Gasteiger partial charge in [0.1, 0.15) is 0 Å². The Balaban J connectivity index is 0.000000351. The van der Waals surface area contributed by atoms with Crippen LogP contribution >= 0.6 is 0 Å². The van der Waals surface area contributed by atoms with Crippen molar-refractivity contribution in [3.05, 3.63) is 175 Å². The lowest BCUT2D eigenvalue weighted by atomic mass is 9.84. The van der Waals surface area contributed by atoms with Crippen molar-refractivity contribution in [2.45, 2.75) is 173 Å². The van der Waals surface area contributed by atoms with Gasteiger partial charge in [-0.15, -0.1) is 0 Å². The Morgan fingerprint density at radius 2 is 0.482 bits per heavy atom. The van der Waals surface area contributed by atoms with Crippen LogP contribution in [-0.4, -0.2) is 0 Å². The standard InChI is InChI=1S/3C12H18.2C10H14/c3*1-9-6-7-11(10(2)8-9)12(3,4)5;2*1-8(2)10-6-4-9(3)5-7-10/h3*6-8H,1-5H3;2*4-8H,1-3H3. The molecule has 0 aromatic heterocycles. The molecule has 5 aromatic rings. The van der Waals surface area contributed by atoms with E-state index in [2.05, 4.69) is 249 Å². The summed E-state index contributed by atoms with van der Waals surface area (Å²) in [5, 5.41) is 0. The molecule has 0 fully saturated rings. The minimum Gasteiger partial charge on any atom is -0.0590 e. The van der Waals surface area contributed by atoms with Gasteiger partial charge >= 0.3 is 0 Å². The van der Waals surface area contributed by atoms with Crippen molar-refractivity contribution < 1.29 is 0 Å². The van der Waals surface area contributed by atoms with Crippen LogP contribution in [0.5, 0.6) is 0 Å². The summed E-state index contributed by atoms with van der Waals surface area (Å²) in [6, 6.07) is 37.5. The fourth-order valence-electron chi connectivity index (χ4n) is 6.87. The second kappa shape index (κ2) is 22.1. The van der Waals surface area contributed by atoms with Gasteiger partial charge in [0.2, 0.25) is 0 Å². The van der Waals surface area contributed by atoms with E-state index in [1.807, 2.05) is 0 Å². The quantitative estimate of drug-likeness (QED) is 0.168. The molecule has 0 nitrogen and oxygen atoms in total. The van der Waals surface area contributed by atoms with Gasteiger partial charge in [0.25, 0.3) is 0 Å². The zero-order valence-corrected chi connectivity index (χ0v) is 40.0. The smallest absolute Gasteiger partial charge is 0.0129 e. The maximum atomic E-state index is 2.25. The van der Waals surface area contributed by atoms with Crippen LogP contribution in [0.4, 0.5) is 0 Å². The van der Waals surface area contributed by atoms with Crippen LogP contribution in [0.15, 0.2) is 103 Å². The Labute approximate surface area is 347 Å². The second-order valence-corrected chi connectivity index (χ2v) is 19.8. The highest BCUT2D eigenvalue weighted by molar-refractivity contribution is 5.37. The van der Waals surface area contributed by atoms with Gasteiger partial charge in [0.15, 0.2) is 0 Å². The molecule has 0 amide bonds. The first kappa shape index (κ1) is 50.1. The fraction of sp³-hybridized carbons (Fsp3) is 0.464. The highest BCUT2D eigenvalue weighted by atomic mass is 14.2. The molecule has 0 aliphatic rings. The predicted octanol–water partition coefficient (Wildman–Crippen LogP) is 17.0. The van der Waals surface area contributed by atoms with E-state index in [4.69, 9.17) is 0 Å². The van der Waals surface area contributed by atoms with E-state index in [1.54, 1.807) is 0 Å². The second-order valence-electron chi connectivity index (χ2n) is 19.8. The normalized spacial score (nSPS) is 11.3. The predicted molar refractivity (Wildman–Crippen MR) is 254 cm³/mol. The molecule has 0 aliphatic carbocycles. The Morgan fingerprint density at radius 3 is 0.643 bits per heavy atom. The first-order chi connectivity index (χ1) is 25.6. The molecule has 0 atom stereocenters. The van der Waals surface area contributed by atoms with Crippen molar-refractivity contribution in [2.24, 2.45) is 0 Å². The van der Waals surface area contributed by atoms with Crippen LogP contribution in [0.3, 0.4) is 0 Å². The SMILES string of the molecule is Cc1ccc(C(C)(C)C)c(C)c1.Cc1ccc(C(C)(C)C)c(C)c1.Cc1ccc(C(C)(C)C)c(C)c1.Cc1ccc(C(C)C)cc1.Cc1ccc(C(C)C)cc1. The first-order valence-corrected chi connectivity index (χ1v) is 21.0. The largest absolute Gasteiger partial charge is 0.0590 e. The van der Waals surface area contributed by atoms with Gasteiger partial charge in [-0.3, -0.25) is 0 Å². The van der Waals surface area contributed by atoms with E-state index in [-0.39, 0.29) is 16.2 Å². The average molecular weight is 755 g/mol. The lowest BCUT2D eigenvalue weighted by Gasteiger charge is -2.21. The fourth-order valence-corrected chi connectivity index (χ4v) is 6.87. The summed E-state index contributed by atoms with van der Waals surface area (Å²) in [5.41, 5.74) is 19.0. The van der Waals surface area contributed by atoms with Gasteiger partial charge in [-0.25, -0.2) is 0 Å². The Kier molecular flexibility index (Phi) is 19.8. The third kappa shape index (κ3) is 18.4. The lowest BCUT2D eigenvalue weighted by molar-refractivity contribution is 0.585. The maximum Gasteiger partial charge on any atom is -0.0129 e. The van der Waals surface area contributed by atoms with E-state index < -0.39 is 0 Å². The molecule has 0 aliphatic heterocycles. The molecule has 306 valence electrons. The summed E-state index contributed by atoms with van der Waals surface area (Å²) >= 11 is 0. The topological polar surface area (TPSA) is 0 Å². The summed E-state index contributed by atoms with van der Waals surface area (Å²) in [5.74, 6) is 1.31. The Hall–Kier alpha value is -3.90. The molecule has 5 aromatic carbocycles. The maximum absolute atomic E-state index is 2.25. The van der Waals surface area contributed by atoms with Gasteiger partial charge in [0.05, 0.1) is 0 Å². The molecule has 0 bridgehead atoms. The van der Waals surface area contributed by atoms with E-state index in [0.29, 0.717) is 11.8 Å². The van der Waals surface area contributed by atoms with Crippen molar-refractivity contribution in [3.8, 4) is 0 Å². The molecular formula is C56H82. The van der Waals surface area contributed by atoms with Gasteiger partial charge in [-0.05, 0) is 128 Å². The number of aryl methyl sites for hydroxylation is 8. The number of benzene rings is 5. The molecule has 0 saturated heterocycles. The molecule has 0 saturated carbocycles. The number of hydrogen-bond donors (Lipinski definition) is 0. The molecule has 0 spiro atoms. The molecule has 0 heterocycles. The summed E-state index contributed by atoms with van der Waals surface area (Å²) in [6.07, 6.45) is 0. The van der Waals surface area contributed by atoms with Crippen LogP contribution in [0.1, 0.15) is 174 Å². The van der Waals surface area contributed by atoms with E-state index in [1.165, 1.54) is 72.3 Å². The molecular weight excluding hydrogens is 673 g/mol. The first-order valence-electron chi connectivity index (χ1n) is 21.0. The molecule has 0 radical (unpaired) electrons. The molecule has 0 unspecified atom stereocenters. The minimum atomic E-state index is 0.276. The monoisotopic (exact) mass is 755 g/mol. The molecule has 0 heteroatoms. The van der Waals surface area contributed by atoms with Crippen LogP contribution < -0.4 is 0 Å². The third-order valence-electron chi connectivity index (χ3n) is 10.1. The summed E-state index contributed by atoms with van der Waals surface area (Å²) in [6.45, 7) is 46.4. The van der Waals surface area contributed by atoms with E-state index in [9.17, 15) is 0 Å². The van der Waals surface area contributed by atoms with Gasteiger partial charge in [-0.2, -0.15) is 0 Å². The summed E-state index contributed by atoms with van der Waals surface area (Å²) in [4.78, 5) is 0. The zero-order chi connectivity index (χ0) is 43.2. The van der Waals surface area contributed by atoms with Gasteiger partial charge in [0, 0.05) is 0 Å². The van der Waals surface area contributed by atoms with E-state index in [0.717, 1.165) is 0 Å². The van der Waals surface area contributed by atoms with Crippen LogP contribution in [0.2, 0.25) is 0 Å². The van der Waals surface area contributed by atoms with Crippen molar-refractivity contribution >= 4 is 0 Å². The average Bonchev–Trinajstić information content (AvgIpc) is 3.04. The minimum absolute atomic E-state index is 0.276. The lowest BCUT2D eigenvalue weighted by Crippen LogP contribution is -2.12. The zero-order valence-electron chi connectivity index (χ0n) is 40.0. The van der Waals surface area contributed by atoms with Gasteiger partial charge < -0.3 is 0 Å². The van der Waals surface area contributed by atoms with Crippen molar-refractivity contribution in [2.75, 3.05) is 0 Å². The van der Waals surface area contributed by atoms with Crippen LogP contribution in [-0.2, 0) is 16.2 Å². The highest BCUT2D eigenvalue weighted by Gasteiger charge is 2.17. The van der Waals surface area contributed by atoms with Crippen molar-refractivity contribution in [3.63, 3.8) is 0 Å². The summed E-state index contributed by atoms with van der Waals surface area (Å²) < 4.78 is 0. The Morgan fingerprint density at radius 1 is 0.286 bits per heavy atom. The third-order valence-corrected chi connectivity index (χ3v) is 10.1. The van der Waals surface area contributed by atoms with Crippen molar-refractivity contribution in [1.29, 1.82) is 0 Å². The molecule has 56 heavy (non-hydrogen) atoms. The Bertz CT molecular complexity index is 1680. The van der Waals surface area contributed by atoms with E-state index >= 15 is 0 Å². The van der Waals surface area contributed by atoms with Crippen LogP contribution in [0.25, 0.3) is 0 Å². The summed E-state index contributed by atoms with van der Waals surface area (Å²) in [7, 11) is 0. The molecule has 0 N–H and O–H groups in total. The number of hydrogen-bond acceptors (Lipinski definition) is 0.